The van der Waals surface area contributed by atoms with Crippen LogP contribution in [0.1, 0.15) is 13.3 Å². The van der Waals surface area contributed by atoms with E-state index in [2.05, 4.69) is 10.1 Å². The number of likely N-dealkylation sites (N-methyl/N-ethyl adjacent to an activating group) is 1. The molecule has 0 aromatic carbocycles. The summed E-state index contributed by atoms with van der Waals surface area (Å²) in [5.41, 5.74) is 3.64. The molecule has 0 saturated heterocycles. The van der Waals surface area contributed by atoms with Crippen LogP contribution in [0, 0.1) is 0 Å². The zero-order valence-corrected chi connectivity index (χ0v) is 10.7. The van der Waals surface area contributed by atoms with Gasteiger partial charge in [-0.15, -0.1) is 4.40 Å². The Bertz CT molecular complexity index is 588. The second-order valence-electron chi connectivity index (χ2n) is 3.85. The number of nitrogens with zero attached hydrogens (tertiary/aromatic N) is 2. The Kier molecular flexibility index (Phi) is 3.05. The number of hydrogen-bond donors (Lipinski definition) is 0. The number of allylic oxidation sites excluding steroid dienone is 2. The molecule has 0 amide bonds. The minimum atomic E-state index is -3.59. The minimum absolute atomic E-state index is 0.144. The summed E-state index contributed by atoms with van der Waals surface area (Å²) in [7, 11) is -1.77. The molecule has 0 N–H and O–H groups in total. The molecule has 0 atom stereocenters. The number of sulfonamides is 1. The molecule has 90 valence electrons. The summed E-state index contributed by atoms with van der Waals surface area (Å²) in [6.45, 7) is 2.64. The molecule has 4 nitrogen and oxygen atoms in total. The first-order valence-corrected chi connectivity index (χ1v) is 6.89. The topological polar surface area (TPSA) is 49.7 Å². The van der Waals surface area contributed by atoms with Gasteiger partial charge in [0.25, 0.3) is 10.0 Å². The van der Waals surface area contributed by atoms with Crippen LogP contribution in [0.5, 0.6) is 0 Å². The monoisotopic (exact) mass is 250 g/mol. The van der Waals surface area contributed by atoms with E-state index in [0.29, 0.717) is 18.8 Å². The van der Waals surface area contributed by atoms with Gasteiger partial charge < -0.3 is 4.90 Å². The van der Waals surface area contributed by atoms with Crippen molar-refractivity contribution < 1.29 is 8.42 Å². The van der Waals surface area contributed by atoms with E-state index in [1.54, 1.807) is 17.1 Å². The van der Waals surface area contributed by atoms with Crippen LogP contribution in [0.2, 0.25) is 0 Å². The molecule has 2 bridgehead atoms. The zero-order valence-electron chi connectivity index (χ0n) is 9.84. The quantitative estimate of drug-likeness (QED) is 0.664. The Morgan fingerprint density at radius 2 is 2.12 bits per heavy atom. The van der Waals surface area contributed by atoms with Gasteiger partial charge in [0, 0.05) is 13.6 Å². The van der Waals surface area contributed by atoms with E-state index in [4.69, 9.17) is 0 Å². The van der Waals surface area contributed by atoms with Gasteiger partial charge in [0.05, 0.1) is 5.57 Å². The van der Waals surface area contributed by atoms with Gasteiger partial charge in [0.2, 0.25) is 0 Å². The summed E-state index contributed by atoms with van der Waals surface area (Å²) < 4.78 is 27.6. The maximum absolute atomic E-state index is 11.9. The fourth-order valence-corrected chi connectivity index (χ4v) is 2.64. The van der Waals surface area contributed by atoms with Gasteiger partial charge in [0.1, 0.15) is 4.91 Å². The Morgan fingerprint density at radius 3 is 2.82 bits per heavy atom. The summed E-state index contributed by atoms with van der Waals surface area (Å²) in [5, 5.41) is 0. The second kappa shape index (κ2) is 4.35. The van der Waals surface area contributed by atoms with Crippen molar-refractivity contribution in [2.45, 2.75) is 13.3 Å². The van der Waals surface area contributed by atoms with Crippen molar-refractivity contribution in [1.82, 2.24) is 4.90 Å². The van der Waals surface area contributed by atoms with E-state index in [0.717, 1.165) is 5.57 Å². The van der Waals surface area contributed by atoms with Crippen molar-refractivity contribution in [2.75, 3.05) is 13.6 Å². The standard InChI is InChI=1S/C12H14N2O2S/c1-3-14(2)12-10-7-5-4-6-8-11(9-10)17(15,16)13-12/h5-8H,3-4H2,1-2H3/b7-5-,8-6-. The average molecular weight is 250 g/mol. The third-order valence-corrected chi connectivity index (χ3v) is 3.85. The van der Waals surface area contributed by atoms with Crippen LogP contribution in [0.15, 0.2) is 44.9 Å². The third kappa shape index (κ3) is 2.25. The molecule has 2 aliphatic rings. The predicted octanol–water partition coefficient (Wildman–Crippen LogP) is 1.61. The minimum Gasteiger partial charge on any atom is -0.358 e. The maximum atomic E-state index is 11.9. The van der Waals surface area contributed by atoms with Crippen LogP contribution in [-0.4, -0.2) is 32.7 Å². The molecule has 0 radical (unpaired) electrons. The van der Waals surface area contributed by atoms with Crippen molar-refractivity contribution in [3.63, 3.8) is 0 Å². The summed E-state index contributed by atoms with van der Waals surface area (Å²) in [4.78, 5) is 1.94. The molecule has 1 aliphatic heterocycles. The summed E-state index contributed by atoms with van der Waals surface area (Å²) in [6.07, 6.45) is 7.89. The van der Waals surface area contributed by atoms with Gasteiger partial charge in [-0.3, -0.25) is 0 Å². The normalized spacial score (nSPS) is 24.7. The number of hydrogen-bond acceptors (Lipinski definition) is 3. The molecule has 1 heterocycles. The Labute approximate surface area is 101 Å². The van der Waals surface area contributed by atoms with Crippen LogP contribution in [-0.2, 0) is 10.0 Å². The molecule has 1 aliphatic carbocycles. The van der Waals surface area contributed by atoms with Crippen molar-refractivity contribution in [3.8, 4) is 0 Å². The first kappa shape index (κ1) is 11.9. The van der Waals surface area contributed by atoms with Crippen LogP contribution >= 0.6 is 0 Å². The fourth-order valence-electron chi connectivity index (χ4n) is 1.57. The SMILES string of the molecule is CCN(C)C1=NS(=O)(=O)C2=C=C1/C=C\C/C=C\2. The van der Waals surface area contributed by atoms with E-state index in [1.807, 2.05) is 26.1 Å². The van der Waals surface area contributed by atoms with E-state index >= 15 is 0 Å². The molecule has 0 aromatic rings. The van der Waals surface area contributed by atoms with E-state index < -0.39 is 10.0 Å². The Morgan fingerprint density at radius 1 is 1.41 bits per heavy atom. The molecule has 0 unspecified atom stereocenters. The molecular weight excluding hydrogens is 236 g/mol. The summed E-state index contributed by atoms with van der Waals surface area (Å²) in [5.74, 6) is 0.461. The zero-order chi connectivity index (χ0) is 12.5. The van der Waals surface area contributed by atoms with Gasteiger partial charge in [-0.25, -0.2) is 0 Å². The molecule has 0 fully saturated rings. The van der Waals surface area contributed by atoms with Crippen LogP contribution < -0.4 is 0 Å². The highest BCUT2D eigenvalue weighted by molar-refractivity contribution is 7.94. The predicted molar refractivity (Wildman–Crippen MR) is 68.1 cm³/mol. The lowest BCUT2D eigenvalue weighted by Gasteiger charge is -2.21. The molecule has 0 spiro atoms. The lowest BCUT2D eigenvalue weighted by molar-refractivity contribution is 0.535. The van der Waals surface area contributed by atoms with E-state index in [9.17, 15) is 8.42 Å². The molecule has 5 heteroatoms. The van der Waals surface area contributed by atoms with Gasteiger partial charge >= 0.3 is 0 Å². The molecule has 0 aromatic heterocycles. The lowest BCUT2D eigenvalue weighted by Crippen LogP contribution is -2.30. The van der Waals surface area contributed by atoms with Gasteiger partial charge in [-0.2, -0.15) is 8.42 Å². The van der Waals surface area contributed by atoms with Gasteiger partial charge in [-0.05, 0) is 25.5 Å². The molecule has 2 rings (SSSR count). The number of amidine groups is 1. The lowest BCUT2D eigenvalue weighted by atomic mass is 10.1. The summed E-state index contributed by atoms with van der Waals surface area (Å²) >= 11 is 0. The maximum Gasteiger partial charge on any atom is 0.291 e. The largest absolute Gasteiger partial charge is 0.358 e. The highest BCUT2D eigenvalue weighted by Gasteiger charge is 2.23. The van der Waals surface area contributed by atoms with Crippen molar-refractivity contribution in [2.24, 2.45) is 4.40 Å². The second-order valence-corrected chi connectivity index (χ2v) is 5.42. The van der Waals surface area contributed by atoms with Gasteiger partial charge in [-0.1, -0.05) is 17.9 Å². The van der Waals surface area contributed by atoms with Crippen LogP contribution in [0.25, 0.3) is 0 Å². The molecule has 17 heavy (non-hydrogen) atoms. The highest BCUT2D eigenvalue weighted by atomic mass is 32.2. The first-order valence-electron chi connectivity index (χ1n) is 5.45. The summed E-state index contributed by atoms with van der Waals surface area (Å²) in [6, 6.07) is 0. The highest BCUT2D eigenvalue weighted by Crippen LogP contribution is 2.21. The van der Waals surface area contributed by atoms with Crippen LogP contribution in [0.3, 0.4) is 0 Å². The van der Waals surface area contributed by atoms with E-state index in [-0.39, 0.29) is 4.91 Å². The van der Waals surface area contributed by atoms with Gasteiger partial charge in [0.15, 0.2) is 5.84 Å². The number of rotatable bonds is 1. The molecule has 0 saturated carbocycles. The fraction of sp³-hybridized carbons (Fsp3) is 0.333. The Hall–Kier alpha value is -1.58. The van der Waals surface area contributed by atoms with Crippen LogP contribution in [0.4, 0.5) is 0 Å². The van der Waals surface area contributed by atoms with E-state index in [1.165, 1.54) is 0 Å². The smallest absolute Gasteiger partial charge is 0.291 e. The van der Waals surface area contributed by atoms with Crippen molar-refractivity contribution >= 4 is 15.9 Å². The molecular formula is C12H14N2O2S. The van der Waals surface area contributed by atoms with Crippen molar-refractivity contribution in [1.29, 1.82) is 0 Å². The van der Waals surface area contributed by atoms with Crippen molar-refractivity contribution in [3.05, 3.63) is 40.5 Å². The average Bonchev–Trinajstić information content (AvgIpc) is 2.25. The third-order valence-electron chi connectivity index (χ3n) is 2.65. The Balaban J connectivity index is 2.66. The first-order chi connectivity index (χ1) is 8.04.